The first kappa shape index (κ1) is 15.2. The van der Waals surface area contributed by atoms with Gasteiger partial charge in [-0.15, -0.1) is 0 Å². The highest BCUT2D eigenvalue weighted by Gasteiger charge is 2.27. The van der Waals surface area contributed by atoms with E-state index in [9.17, 15) is 4.79 Å². The summed E-state index contributed by atoms with van der Waals surface area (Å²) in [7, 11) is 0. The van der Waals surface area contributed by atoms with Crippen molar-refractivity contribution in [3.05, 3.63) is 42.0 Å². The Kier molecular flexibility index (Phi) is 4.19. The monoisotopic (exact) mass is 326 g/mol. The lowest BCUT2D eigenvalue weighted by Gasteiger charge is -2.22. The summed E-state index contributed by atoms with van der Waals surface area (Å²) < 4.78 is 7.80. The van der Waals surface area contributed by atoms with E-state index >= 15 is 0 Å². The Morgan fingerprint density at radius 1 is 1.29 bits per heavy atom. The summed E-state index contributed by atoms with van der Waals surface area (Å²) in [6.45, 7) is 0.668. The van der Waals surface area contributed by atoms with Crippen molar-refractivity contribution in [3.63, 3.8) is 0 Å². The average Bonchev–Trinajstić information content (AvgIpc) is 3.15. The largest absolute Gasteiger partial charge is 0.486 e. The van der Waals surface area contributed by atoms with Crippen LogP contribution in [-0.4, -0.2) is 32.8 Å². The van der Waals surface area contributed by atoms with Gasteiger partial charge in [0.15, 0.2) is 0 Å². The van der Waals surface area contributed by atoms with Gasteiger partial charge in [0.2, 0.25) is 0 Å². The molecular formula is C18H22N4O2. The number of pyridine rings is 1. The summed E-state index contributed by atoms with van der Waals surface area (Å²) in [6, 6.07) is 5.96. The van der Waals surface area contributed by atoms with Crippen LogP contribution in [0.25, 0.3) is 0 Å². The molecule has 2 aliphatic rings. The molecule has 0 unspecified atom stereocenters. The molecule has 1 aliphatic heterocycles. The van der Waals surface area contributed by atoms with Crippen LogP contribution in [0.2, 0.25) is 0 Å². The van der Waals surface area contributed by atoms with Crippen molar-refractivity contribution in [2.45, 2.75) is 57.2 Å². The molecule has 1 saturated carbocycles. The quantitative estimate of drug-likeness (QED) is 0.936. The second kappa shape index (κ2) is 6.63. The number of aromatic nitrogens is 3. The molecule has 1 atom stereocenters. The molecule has 3 heterocycles. The normalized spacial score (nSPS) is 20.6. The first-order chi connectivity index (χ1) is 11.8. The third-order valence-corrected chi connectivity index (χ3v) is 4.79. The first-order valence-electron chi connectivity index (χ1n) is 8.72. The highest BCUT2D eigenvalue weighted by molar-refractivity contribution is 5.92. The van der Waals surface area contributed by atoms with E-state index in [1.165, 1.54) is 19.3 Å². The van der Waals surface area contributed by atoms with Gasteiger partial charge < -0.3 is 10.1 Å². The lowest BCUT2D eigenvalue weighted by molar-refractivity contribution is 0.0921. The number of rotatable bonds is 4. The average molecular weight is 326 g/mol. The zero-order valence-electron chi connectivity index (χ0n) is 13.6. The molecule has 24 heavy (non-hydrogen) atoms. The molecule has 0 bridgehead atoms. The van der Waals surface area contributed by atoms with E-state index in [2.05, 4.69) is 15.4 Å². The standard InChI is InChI=1S/C18H22N4O2/c23-18(20-13-5-2-1-3-6-13)17-10-14-9-16(12-22(14)21-17)24-15-7-4-8-19-11-15/h4,7-8,10-11,13,16H,1-3,5-6,9,12H2,(H,20,23)/t16-/m0/s1. The number of carbonyl (C=O) groups is 1. The topological polar surface area (TPSA) is 69.0 Å². The van der Waals surface area contributed by atoms with Gasteiger partial charge >= 0.3 is 0 Å². The molecule has 1 N–H and O–H groups in total. The minimum atomic E-state index is -0.0477. The van der Waals surface area contributed by atoms with Crippen LogP contribution in [0, 0.1) is 0 Å². The maximum atomic E-state index is 12.4. The summed E-state index contributed by atoms with van der Waals surface area (Å²) in [6.07, 6.45) is 10.1. The molecule has 0 radical (unpaired) electrons. The molecule has 6 heteroatoms. The Hall–Kier alpha value is -2.37. The van der Waals surface area contributed by atoms with Gasteiger partial charge in [0.1, 0.15) is 17.5 Å². The van der Waals surface area contributed by atoms with Crippen LogP contribution in [-0.2, 0) is 13.0 Å². The first-order valence-corrected chi connectivity index (χ1v) is 8.72. The van der Waals surface area contributed by atoms with Crippen molar-refractivity contribution in [1.29, 1.82) is 0 Å². The summed E-state index contributed by atoms with van der Waals surface area (Å²) in [4.78, 5) is 16.4. The third kappa shape index (κ3) is 3.27. The fourth-order valence-electron chi connectivity index (χ4n) is 3.57. The van der Waals surface area contributed by atoms with Gasteiger partial charge in [0.25, 0.3) is 5.91 Å². The molecule has 2 aromatic rings. The molecule has 0 saturated heterocycles. The van der Waals surface area contributed by atoms with E-state index in [-0.39, 0.29) is 12.0 Å². The van der Waals surface area contributed by atoms with Gasteiger partial charge in [0.05, 0.1) is 12.7 Å². The van der Waals surface area contributed by atoms with Crippen LogP contribution >= 0.6 is 0 Å². The van der Waals surface area contributed by atoms with Gasteiger partial charge in [-0.3, -0.25) is 14.5 Å². The summed E-state index contributed by atoms with van der Waals surface area (Å²) in [5, 5.41) is 7.58. The van der Waals surface area contributed by atoms with Crippen molar-refractivity contribution >= 4 is 5.91 Å². The zero-order valence-corrected chi connectivity index (χ0v) is 13.6. The molecule has 1 amide bonds. The van der Waals surface area contributed by atoms with Crippen LogP contribution in [0.4, 0.5) is 0 Å². The molecule has 1 fully saturated rings. The Balaban J connectivity index is 1.35. The number of hydrogen-bond donors (Lipinski definition) is 1. The molecule has 1 aliphatic carbocycles. The van der Waals surface area contributed by atoms with Crippen molar-refractivity contribution in [2.24, 2.45) is 0 Å². The fourth-order valence-corrected chi connectivity index (χ4v) is 3.57. The molecule has 126 valence electrons. The molecule has 4 rings (SSSR count). The third-order valence-electron chi connectivity index (χ3n) is 4.79. The second-order valence-corrected chi connectivity index (χ2v) is 6.64. The van der Waals surface area contributed by atoms with Crippen LogP contribution in [0.3, 0.4) is 0 Å². The lowest BCUT2D eigenvalue weighted by Crippen LogP contribution is -2.36. The number of amides is 1. The summed E-state index contributed by atoms with van der Waals surface area (Å²) >= 11 is 0. The Bertz CT molecular complexity index is 684. The fraction of sp³-hybridized carbons (Fsp3) is 0.500. The van der Waals surface area contributed by atoms with E-state index in [4.69, 9.17) is 4.74 Å². The van der Waals surface area contributed by atoms with Gasteiger partial charge in [-0.1, -0.05) is 19.3 Å². The molecule has 6 nitrogen and oxygen atoms in total. The SMILES string of the molecule is O=C(NC1CCCCC1)c1cc2n(n1)C[C@@H](Oc1cccnc1)C2. The zero-order chi connectivity index (χ0) is 16.4. The van der Waals surface area contributed by atoms with E-state index in [0.717, 1.165) is 30.7 Å². The number of carbonyl (C=O) groups excluding carboxylic acids is 1. The van der Waals surface area contributed by atoms with Gasteiger partial charge in [-0.05, 0) is 31.0 Å². The molecular weight excluding hydrogens is 304 g/mol. The van der Waals surface area contributed by atoms with Crippen LogP contribution in [0.5, 0.6) is 5.75 Å². The van der Waals surface area contributed by atoms with E-state index in [0.29, 0.717) is 18.3 Å². The van der Waals surface area contributed by atoms with E-state index in [1.54, 1.807) is 12.4 Å². The molecule has 2 aromatic heterocycles. The minimum Gasteiger partial charge on any atom is -0.486 e. The van der Waals surface area contributed by atoms with Crippen LogP contribution in [0.1, 0.15) is 48.3 Å². The van der Waals surface area contributed by atoms with Gasteiger partial charge in [0, 0.05) is 24.4 Å². The van der Waals surface area contributed by atoms with Crippen LogP contribution in [0.15, 0.2) is 30.6 Å². The number of hydrogen-bond acceptors (Lipinski definition) is 4. The van der Waals surface area contributed by atoms with Crippen molar-refractivity contribution in [3.8, 4) is 5.75 Å². The predicted molar refractivity (Wildman–Crippen MR) is 88.9 cm³/mol. The number of ether oxygens (including phenoxy) is 1. The minimum absolute atomic E-state index is 0.0477. The number of nitrogens with zero attached hydrogens (tertiary/aromatic N) is 3. The summed E-state index contributed by atoms with van der Waals surface area (Å²) in [5.41, 5.74) is 1.58. The van der Waals surface area contributed by atoms with Crippen molar-refractivity contribution in [1.82, 2.24) is 20.1 Å². The van der Waals surface area contributed by atoms with E-state index in [1.807, 2.05) is 22.9 Å². The van der Waals surface area contributed by atoms with E-state index < -0.39 is 0 Å². The Morgan fingerprint density at radius 3 is 2.92 bits per heavy atom. The number of fused-ring (bicyclic) bond motifs is 1. The maximum absolute atomic E-state index is 12.4. The highest BCUT2D eigenvalue weighted by atomic mass is 16.5. The predicted octanol–water partition coefficient (Wildman–Crippen LogP) is 2.34. The second-order valence-electron chi connectivity index (χ2n) is 6.64. The Morgan fingerprint density at radius 2 is 2.17 bits per heavy atom. The molecule has 0 aromatic carbocycles. The van der Waals surface area contributed by atoms with Gasteiger partial charge in [-0.2, -0.15) is 5.10 Å². The molecule has 0 spiro atoms. The summed E-state index contributed by atoms with van der Waals surface area (Å²) in [5.74, 6) is 0.719. The number of nitrogens with one attached hydrogen (secondary N) is 1. The highest BCUT2D eigenvalue weighted by Crippen LogP contribution is 2.22. The smallest absolute Gasteiger partial charge is 0.272 e. The van der Waals surface area contributed by atoms with Crippen molar-refractivity contribution < 1.29 is 9.53 Å². The van der Waals surface area contributed by atoms with Gasteiger partial charge in [-0.25, -0.2) is 0 Å². The lowest BCUT2D eigenvalue weighted by atomic mass is 9.95. The Labute approximate surface area is 141 Å². The van der Waals surface area contributed by atoms with Crippen molar-refractivity contribution in [2.75, 3.05) is 0 Å². The maximum Gasteiger partial charge on any atom is 0.272 e. The van der Waals surface area contributed by atoms with Crippen LogP contribution < -0.4 is 10.1 Å².